The van der Waals surface area contributed by atoms with Crippen LogP contribution in [0.4, 0.5) is 0 Å². The van der Waals surface area contributed by atoms with Crippen molar-refractivity contribution in [3.8, 4) is 11.5 Å². The molecule has 2 aliphatic carbocycles. The van der Waals surface area contributed by atoms with Gasteiger partial charge in [0.2, 0.25) is 0 Å². The summed E-state index contributed by atoms with van der Waals surface area (Å²) < 4.78 is 65.2. The molecule has 33 heavy (non-hydrogen) atoms. The molecule has 0 atom stereocenters. The third kappa shape index (κ3) is 5.00. The van der Waals surface area contributed by atoms with Gasteiger partial charge < -0.3 is 0 Å². The predicted octanol–water partition coefficient (Wildman–Crippen LogP) is 4.62. The van der Waals surface area contributed by atoms with Crippen molar-refractivity contribution in [1.29, 1.82) is 0 Å². The molecule has 0 unspecified atom stereocenters. The molecule has 172 valence electrons. The van der Waals surface area contributed by atoms with Crippen LogP contribution in [0, 0.1) is 0 Å². The van der Waals surface area contributed by atoms with E-state index in [4.69, 9.17) is 5.63 Å². The SMILES string of the molecule is CS(=O)(=O)c1ccccc1[O][Zr]([O]c1ccccc1S(C)(=O)=O)([C]1=CC=CC1)[C]1=CC=CC1. The Labute approximate surface area is 200 Å². The van der Waals surface area contributed by atoms with Gasteiger partial charge in [0, 0.05) is 0 Å². The Morgan fingerprint density at radius 2 is 1.06 bits per heavy atom. The Morgan fingerprint density at radius 1 is 0.667 bits per heavy atom. The Kier molecular flexibility index (Phi) is 6.67. The first-order valence-electron chi connectivity index (χ1n) is 10.3. The molecular formula is C24H24O6S2Zr. The van der Waals surface area contributed by atoms with Crippen LogP contribution in [0.2, 0.25) is 0 Å². The molecule has 0 amide bonds. The van der Waals surface area contributed by atoms with Gasteiger partial charge in [-0.1, -0.05) is 0 Å². The van der Waals surface area contributed by atoms with Crippen LogP contribution in [0.5, 0.6) is 11.5 Å². The molecule has 6 nitrogen and oxygen atoms in total. The minimum atomic E-state index is -4.60. The summed E-state index contributed by atoms with van der Waals surface area (Å²) in [5.41, 5.74) is 0. The second kappa shape index (κ2) is 9.20. The summed E-state index contributed by atoms with van der Waals surface area (Å²) >= 11 is -4.60. The minimum absolute atomic E-state index is 0.0733. The van der Waals surface area contributed by atoms with Crippen LogP contribution in [0.15, 0.2) is 101 Å². The van der Waals surface area contributed by atoms with Crippen molar-refractivity contribution in [2.24, 2.45) is 0 Å². The van der Waals surface area contributed by atoms with Gasteiger partial charge in [0.05, 0.1) is 0 Å². The van der Waals surface area contributed by atoms with Crippen molar-refractivity contribution in [2.75, 3.05) is 12.5 Å². The molecule has 4 rings (SSSR count). The summed E-state index contributed by atoms with van der Waals surface area (Å²) in [6.45, 7) is 0. The average Bonchev–Trinajstić information content (AvgIpc) is 3.47. The van der Waals surface area contributed by atoms with Crippen molar-refractivity contribution >= 4 is 19.7 Å². The Bertz CT molecular complexity index is 1310. The molecule has 0 heterocycles. The number of hydrogen-bond acceptors (Lipinski definition) is 6. The monoisotopic (exact) mass is 562 g/mol. The zero-order valence-electron chi connectivity index (χ0n) is 18.3. The number of para-hydroxylation sites is 2. The number of rotatable bonds is 8. The molecular weight excluding hydrogens is 540 g/mol. The molecule has 0 fully saturated rings. The number of allylic oxidation sites excluding steroid dienone is 8. The van der Waals surface area contributed by atoms with Crippen molar-refractivity contribution in [2.45, 2.75) is 22.6 Å². The van der Waals surface area contributed by atoms with Crippen LogP contribution >= 0.6 is 0 Å². The third-order valence-electron chi connectivity index (χ3n) is 5.39. The zero-order chi connectivity index (χ0) is 23.7. The standard InChI is InChI=1S/2C7H8O3S.2C5H5.Zr/c2*1-11(9,10)7-5-3-2-4-6(7)8;2*1-2-4-5-3-1;/h2*2-5,8H,1H3;2*1-3H,4H2;/q;;;;+2/p-2. The maximum atomic E-state index is 12.5. The van der Waals surface area contributed by atoms with Crippen LogP contribution in [0.1, 0.15) is 12.8 Å². The van der Waals surface area contributed by atoms with E-state index in [0.717, 1.165) is 19.1 Å². The Balaban J connectivity index is 1.93. The van der Waals surface area contributed by atoms with Crippen LogP contribution in [-0.4, -0.2) is 29.3 Å². The summed E-state index contributed by atoms with van der Waals surface area (Å²) in [7, 11) is -7.14. The van der Waals surface area contributed by atoms with Crippen LogP contribution in [0.3, 0.4) is 0 Å². The van der Waals surface area contributed by atoms with E-state index in [1.54, 1.807) is 36.4 Å². The summed E-state index contributed by atoms with van der Waals surface area (Å²) in [5, 5.41) is 0. The molecule has 0 radical (unpaired) electrons. The summed E-state index contributed by atoms with van der Waals surface area (Å²) in [6.07, 6.45) is 15.2. The van der Waals surface area contributed by atoms with Crippen molar-refractivity contribution < 1.29 is 43.6 Å². The fraction of sp³-hybridized carbons (Fsp3) is 0.167. The first-order chi connectivity index (χ1) is 15.6. The normalized spacial score (nSPS) is 15.9. The summed E-state index contributed by atoms with van der Waals surface area (Å²) in [5.74, 6) is 0.432. The quantitative estimate of drug-likeness (QED) is 0.466. The van der Waals surface area contributed by atoms with Gasteiger partial charge in [-0.2, -0.15) is 0 Å². The Morgan fingerprint density at radius 3 is 1.39 bits per heavy atom. The van der Waals surface area contributed by atoms with E-state index in [0.29, 0.717) is 12.8 Å². The van der Waals surface area contributed by atoms with Gasteiger partial charge in [0.25, 0.3) is 0 Å². The van der Waals surface area contributed by atoms with E-state index in [1.165, 1.54) is 12.1 Å². The number of benzene rings is 2. The van der Waals surface area contributed by atoms with Crippen molar-refractivity contribution in [3.63, 3.8) is 0 Å². The fourth-order valence-electron chi connectivity index (χ4n) is 3.86. The van der Waals surface area contributed by atoms with Gasteiger partial charge in [0.1, 0.15) is 0 Å². The average molecular weight is 564 g/mol. The fourth-order valence-corrected chi connectivity index (χ4v) is 14.1. The molecule has 0 N–H and O–H groups in total. The molecule has 0 spiro atoms. The molecule has 0 aromatic heterocycles. The second-order valence-corrected chi connectivity index (χ2v) is 19.1. The topological polar surface area (TPSA) is 86.7 Å². The molecule has 2 aromatic carbocycles. The van der Waals surface area contributed by atoms with Gasteiger partial charge in [-0.3, -0.25) is 0 Å². The van der Waals surface area contributed by atoms with E-state index in [1.807, 2.05) is 36.5 Å². The van der Waals surface area contributed by atoms with Crippen LogP contribution in [0.25, 0.3) is 0 Å². The second-order valence-electron chi connectivity index (χ2n) is 7.91. The maximum absolute atomic E-state index is 12.5. The molecule has 0 aliphatic heterocycles. The van der Waals surface area contributed by atoms with E-state index < -0.39 is 40.8 Å². The van der Waals surface area contributed by atoms with Gasteiger partial charge in [0.15, 0.2) is 0 Å². The molecule has 2 aromatic rings. The van der Waals surface area contributed by atoms with E-state index in [9.17, 15) is 16.8 Å². The summed E-state index contributed by atoms with van der Waals surface area (Å²) in [4.78, 5) is 0.147. The third-order valence-corrected chi connectivity index (χ3v) is 16.1. The predicted molar refractivity (Wildman–Crippen MR) is 124 cm³/mol. The van der Waals surface area contributed by atoms with E-state index >= 15 is 0 Å². The zero-order valence-corrected chi connectivity index (χ0v) is 22.4. The Hall–Kier alpha value is -2.22. The summed E-state index contributed by atoms with van der Waals surface area (Å²) in [6, 6.07) is 13.0. The molecule has 9 heteroatoms. The van der Waals surface area contributed by atoms with Crippen molar-refractivity contribution in [1.82, 2.24) is 0 Å². The van der Waals surface area contributed by atoms with Gasteiger partial charge in [-0.05, 0) is 0 Å². The van der Waals surface area contributed by atoms with Crippen LogP contribution < -0.4 is 5.63 Å². The van der Waals surface area contributed by atoms with Gasteiger partial charge in [-0.15, -0.1) is 0 Å². The number of hydrogen-bond donors (Lipinski definition) is 0. The van der Waals surface area contributed by atoms with Gasteiger partial charge >= 0.3 is 201 Å². The first-order valence-corrected chi connectivity index (χ1v) is 18.5. The van der Waals surface area contributed by atoms with Gasteiger partial charge in [-0.25, -0.2) is 0 Å². The molecule has 2 aliphatic rings. The molecule has 0 saturated carbocycles. The first kappa shape index (κ1) is 23.9. The van der Waals surface area contributed by atoms with Crippen LogP contribution in [-0.2, 0) is 40.8 Å². The van der Waals surface area contributed by atoms with E-state index in [2.05, 4.69) is 0 Å². The molecule has 0 bridgehead atoms. The van der Waals surface area contributed by atoms with Crippen molar-refractivity contribution in [3.05, 3.63) is 91.5 Å². The molecule has 0 saturated heterocycles. The number of sulfone groups is 2. The van der Waals surface area contributed by atoms with E-state index in [-0.39, 0.29) is 21.3 Å².